The van der Waals surface area contributed by atoms with E-state index < -0.39 is 0 Å². The number of hydrogen-bond acceptors (Lipinski definition) is 3. The first-order chi connectivity index (χ1) is 9.13. The largest absolute Gasteiger partial charge is 0.394 e. The molecule has 0 aliphatic rings. The number of nitrogens with zero attached hydrogens (tertiary/aromatic N) is 2. The lowest BCUT2D eigenvalue weighted by molar-refractivity contribution is 0.243. The van der Waals surface area contributed by atoms with Crippen LogP contribution in [0.5, 0.6) is 0 Å². The zero-order valence-corrected chi connectivity index (χ0v) is 11.7. The van der Waals surface area contributed by atoms with Gasteiger partial charge in [0.25, 0.3) is 0 Å². The molecule has 0 fully saturated rings. The Morgan fingerprint density at radius 3 is 2.47 bits per heavy atom. The third-order valence-corrected chi connectivity index (χ3v) is 3.57. The predicted molar refractivity (Wildman–Crippen MR) is 75.8 cm³/mol. The standard InChI is InChI=1S/C15H21N3O/c1-11-14(12(2)18(3)17-11)9-16-15(10-19)13-7-5-4-6-8-13/h4-8,15-16,19H,9-10H2,1-3H3. The average Bonchev–Trinajstić information content (AvgIpc) is 2.66. The number of hydrogen-bond donors (Lipinski definition) is 2. The second-order valence-electron chi connectivity index (χ2n) is 4.80. The summed E-state index contributed by atoms with van der Waals surface area (Å²) in [5, 5.41) is 17.3. The highest BCUT2D eigenvalue weighted by Crippen LogP contribution is 2.16. The minimum Gasteiger partial charge on any atom is -0.394 e. The first-order valence-corrected chi connectivity index (χ1v) is 6.51. The van der Waals surface area contributed by atoms with E-state index in [0.717, 1.165) is 17.0 Å². The summed E-state index contributed by atoms with van der Waals surface area (Å²) in [6, 6.07) is 9.96. The Morgan fingerprint density at radius 1 is 1.26 bits per heavy atom. The van der Waals surface area contributed by atoms with E-state index >= 15 is 0 Å². The van der Waals surface area contributed by atoms with Gasteiger partial charge in [-0.1, -0.05) is 30.3 Å². The monoisotopic (exact) mass is 259 g/mol. The summed E-state index contributed by atoms with van der Waals surface area (Å²) < 4.78 is 1.89. The van der Waals surface area contributed by atoms with Crippen molar-refractivity contribution in [2.45, 2.75) is 26.4 Å². The summed E-state index contributed by atoms with van der Waals surface area (Å²) in [6.07, 6.45) is 0. The van der Waals surface area contributed by atoms with Crippen LogP contribution < -0.4 is 5.32 Å². The van der Waals surface area contributed by atoms with Gasteiger partial charge in [0, 0.05) is 24.8 Å². The van der Waals surface area contributed by atoms with Crippen LogP contribution in [0.25, 0.3) is 0 Å². The van der Waals surface area contributed by atoms with Crippen LogP contribution in [-0.4, -0.2) is 21.5 Å². The summed E-state index contributed by atoms with van der Waals surface area (Å²) >= 11 is 0. The maximum atomic E-state index is 9.52. The second-order valence-corrected chi connectivity index (χ2v) is 4.80. The van der Waals surface area contributed by atoms with Gasteiger partial charge in [-0.15, -0.1) is 0 Å². The Kier molecular flexibility index (Phi) is 4.35. The van der Waals surface area contributed by atoms with Gasteiger partial charge < -0.3 is 10.4 Å². The highest BCUT2D eigenvalue weighted by atomic mass is 16.3. The summed E-state index contributed by atoms with van der Waals surface area (Å²) in [5.74, 6) is 0. The van der Waals surface area contributed by atoms with E-state index in [4.69, 9.17) is 0 Å². The van der Waals surface area contributed by atoms with E-state index in [2.05, 4.69) is 17.3 Å². The van der Waals surface area contributed by atoms with E-state index in [1.165, 1.54) is 5.56 Å². The van der Waals surface area contributed by atoms with Gasteiger partial charge in [-0.2, -0.15) is 5.10 Å². The third kappa shape index (κ3) is 3.03. The lowest BCUT2D eigenvalue weighted by Crippen LogP contribution is -2.24. The van der Waals surface area contributed by atoms with Crippen molar-refractivity contribution in [2.75, 3.05) is 6.61 Å². The molecular formula is C15H21N3O. The van der Waals surface area contributed by atoms with Crippen molar-refractivity contribution in [3.05, 3.63) is 52.8 Å². The smallest absolute Gasteiger partial charge is 0.0641 e. The van der Waals surface area contributed by atoms with Crippen molar-refractivity contribution in [1.29, 1.82) is 0 Å². The summed E-state index contributed by atoms with van der Waals surface area (Å²) in [6.45, 7) is 4.88. The van der Waals surface area contributed by atoms with Gasteiger partial charge in [0.05, 0.1) is 18.3 Å². The molecule has 1 unspecified atom stereocenters. The third-order valence-electron chi connectivity index (χ3n) is 3.57. The molecule has 1 aromatic carbocycles. The fraction of sp³-hybridized carbons (Fsp3) is 0.400. The molecule has 0 spiro atoms. The molecule has 2 N–H and O–H groups in total. The van der Waals surface area contributed by atoms with Crippen LogP contribution in [0.15, 0.2) is 30.3 Å². The molecule has 0 amide bonds. The van der Waals surface area contributed by atoms with E-state index in [0.29, 0.717) is 6.54 Å². The number of benzene rings is 1. The molecule has 1 aromatic heterocycles. The summed E-state index contributed by atoms with van der Waals surface area (Å²) in [5.41, 5.74) is 4.51. The molecular weight excluding hydrogens is 238 g/mol. The Hall–Kier alpha value is -1.65. The Morgan fingerprint density at radius 2 is 1.95 bits per heavy atom. The maximum absolute atomic E-state index is 9.52. The van der Waals surface area contributed by atoms with Crippen molar-refractivity contribution in [3.8, 4) is 0 Å². The Bertz CT molecular complexity index is 534. The molecule has 0 saturated carbocycles. The quantitative estimate of drug-likeness (QED) is 0.861. The summed E-state index contributed by atoms with van der Waals surface area (Å²) in [4.78, 5) is 0. The topological polar surface area (TPSA) is 50.1 Å². The molecule has 1 atom stereocenters. The van der Waals surface area contributed by atoms with E-state index in [1.807, 2.05) is 49.0 Å². The molecule has 0 aliphatic carbocycles. The number of nitrogens with one attached hydrogen (secondary N) is 1. The van der Waals surface area contributed by atoms with Crippen LogP contribution in [0.1, 0.15) is 28.6 Å². The first kappa shape index (κ1) is 13.8. The number of rotatable bonds is 5. The highest BCUT2D eigenvalue weighted by molar-refractivity contribution is 5.25. The molecule has 0 bridgehead atoms. The molecule has 0 saturated heterocycles. The number of aryl methyl sites for hydroxylation is 2. The molecule has 19 heavy (non-hydrogen) atoms. The predicted octanol–water partition coefficient (Wildman–Crippen LogP) is 1.86. The SMILES string of the molecule is Cc1nn(C)c(C)c1CNC(CO)c1ccccc1. The first-order valence-electron chi connectivity index (χ1n) is 6.51. The molecule has 0 radical (unpaired) electrons. The molecule has 1 heterocycles. The number of aromatic nitrogens is 2. The molecule has 2 rings (SSSR count). The zero-order valence-electron chi connectivity index (χ0n) is 11.7. The number of aliphatic hydroxyl groups is 1. The normalized spacial score (nSPS) is 12.6. The van der Waals surface area contributed by atoms with E-state index in [1.54, 1.807) is 0 Å². The molecule has 4 nitrogen and oxygen atoms in total. The van der Waals surface area contributed by atoms with Crippen LogP contribution >= 0.6 is 0 Å². The van der Waals surface area contributed by atoms with Crippen molar-refractivity contribution in [2.24, 2.45) is 7.05 Å². The van der Waals surface area contributed by atoms with Gasteiger partial charge in [0.15, 0.2) is 0 Å². The Balaban J connectivity index is 2.08. The minimum absolute atomic E-state index is 0.0415. The second kappa shape index (κ2) is 5.99. The van der Waals surface area contributed by atoms with E-state index in [9.17, 15) is 5.11 Å². The van der Waals surface area contributed by atoms with Gasteiger partial charge in [-0.05, 0) is 19.4 Å². The highest BCUT2D eigenvalue weighted by Gasteiger charge is 2.13. The van der Waals surface area contributed by atoms with Crippen LogP contribution in [0.4, 0.5) is 0 Å². The van der Waals surface area contributed by atoms with Crippen molar-refractivity contribution in [3.63, 3.8) is 0 Å². The van der Waals surface area contributed by atoms with Crippen molar-refractivity contribution in [1.82, 2.24) is 15.1 Å². The van der Waals surface area contributed by atoms with Crippen LogP contribution in [0.3, 0.4) is 0 Å². The number of aliphatic hydroxyl groups excluding tert-OH is 1. The van der Waals surface area contributed by atoms with Crippen LogP contribution in [0, 0.1) is 13.8 Å². The fourth-order valence-electron chi connectivity index (χ4n) is 2.27. The lowest BCUT2D eigenvalue weighted by atomic mass is 10.1. The zero-order chi connectivity index (χ0) is 13.8. The van der Waals surface area contributed by atoms with Crippen molar-refractivity contribution >= 4 is 0 Å². The van der Waals surface area contributed by atoms with Gasteiger partial charge in [-0.25, -0.2) is 0 Å². The molecule has 2 aromatic rings. The van der Waals surface area contributed by atoms with Crippen molar-refractivity contribution < 1.29 is 5.11 Å². The minimum atomic E-state index is -0.0415. The molecule has 0 aliphatic heterocycles. The fourth-order valence-corrected chi connectivity index (χ4v) is 2.27. The van der Waals surface area contributed by atoms with Crippen LogP contribution in [-0.2, 0) is 13.6 Å². The lowest BCUT2D eigenvalue weighted by Gasteiger charge is -2.16. The molecule has 102 valence electrons. The average molecular weight is 259 g/mol. The maximum Gasteiger partial charge on any atom is 0.0641 e. The molecule has 4 heteroatoms. The summed E-state index contributed by atoms with van der Waals surface area (Å²) in [7, 11) is 1.95. The van der Waals surface area contributed by atoms with Gasteiger partial charge >= 0.3 is 0 Å². The van der Waals surface area contributed by atoms with Crippen LogP contribution in [0.2, 0.25) is 0 Å². The van der Waals surface area contributed by atoms with Gasteiger partial charge in [0.2, 0.25) is 0 Å². The van der Waals surface area contributed by atoms with Gasteiger partial charge in [0.1, 0.15) is 0 Å². The van der Waals surface area contributed by atoms with E-state index in [-0.39, 0.29) is 12.6 Å². The van der Waals surface area contributed by atoms with Gasteiger partial charge in [-0.3, -0.25) is 4.68 Å². The Labute approximate surface area is 114 Å².